The molecule has 0 aliphatic heterocycles. The van der Waals surface area contributed by atoms with E-state index in [0.29, 0.717) is 28.9 Å². The van der Waals surface area contributed by atoms with Crippen LogP contribution in [0.3, 0.4) is 0 Å². The maximum atomic E-state index is 13.5. The smallest absolute Gasteiger partial charge is 0.239 e. The van der Waals surface area contributed by atoms with Gasteiger partial charge in [-0.25, -0.2) is 27.1 Å². The monoisotopic (exact) mass is 435 g/mol. The van der Waals surface area contributed by atoms with Crippen LogP contribution >= 0.6 is 0 Å². The van der Waals surface area contributed by atoms with Gasteiger partial charge in [0.05, 0.1) is 23.7 Å². The van der Waals surface area contributed by atoms with Crippen molar-refractivity contribution >= 4 is 22.0 Å². The average Bonchev–Trinajstić information content (AvgIpc) is 2.69. The molecule has 0 aliphatic carbocycles. The van der Waals surface area contributed by atoms with Crippen molar-refractivity contribution in [1.82, 2.24) is 9.97 Å². The van der Waals surface area contributed by atoms with E-state index in [9.17, 15) is 17.9 Å². The number of hydrogen-bond acceptors (Lipinski definition) is 5. The average molecular weight is 436 g/mol. The molecule has 30 heavy (non-hydrogen) atoms. The Kier molecular flexibility index (Phi) is 8.09. The fraction of sp³-hybridized carbons (Fsp3) is 0.455. The van der Waals surface area contributed by atoms with Crippen molar-refractivity contribution in [2.24, 2.45) is 0 Å². The third-order valence-corrected chi connectivity index (χ3v) is 5.90. The Morgan fingerprint density at radius 3 is 2.37 bits per heavy atom. The highest BCUT2D eigenvalue weighted by Crippen LogP contribution is 2.31. The van der Waals surface area contributed by atoms with Crippen molar-refractivity contribution in [3.63, 3.8) is 0 Å². The molecule has 1 aromatic heterocycles. The normalized spacial score (nSPS) is 13.2. The minimum atomic E-state index is -3.56. The van der Waals surface area contributed by atoms with Gasteiger partial charge in [-0.05, 0) is 36.6 Å². The maximum Gasteiger partial charge on any atom is 0.239 e. The van der Waals surface area contributed by atoms with Gasteiger partial charge < -0.3 is 5.11 Å². The molecule has 0 saturated carbocycles. The van der Waals surface area contributed by atoms with Crippen molar-refractivity contribution in [3.8, 4) is 11.3 Å². The number of sulfonamides is 1. The van der Waals surface area contributed by atoms with E-state index in [1.165, 1.54) is 19.2 Å². The van der Waals surface area contributed by atoms with Gasteiger partial charge in [0.2, 0.25) is 16.0 Å². The second-order valence-electron chi connectivity index (χ2n) is 7.63. The van der Waals surface area contributed by atoms with E-state index in [1.807, 2.05) is 13.8 Å². The Morgan fingerprint density at radius 1 is 1.20 bits per heavy atom. The number of aliphatic hydroxyl groups is 1. The fourth-order valence-electron chi connectivity index (χ4n) is 2.91. The van der Waals surface area contributed by atoms with Crippen molar-refractivity contribution in [2.75, 3.05) is 17.6 Å². The van der Waals surface area contributed by atoms with E-state index in [-0.39, 0.29) is 17.7 Å². The summed E-state index contributed by atoms with van der Waals surface area (Å²) in [6.45, 7) is 5.96. The summed E-state index contributed by atoms with van der Waals surface area (Å²) >= 11 is 0. The molecule has 1 aromatic carbocycles. The molecule has 0 amide bonds. The second-order valence-corrected chi connectivity index (χ2v) is 9.65. The summed E-state index contributed by atoms with van der Waals surface area (Å²) in [6, 6.07) is 5.85. The molecule has 164 valence electrons. The van der Waals surface area contributed by atoms with Crippen molar-refractivity contribution in [2.45, 2.75) is 52.1 Å². The van der Waals surface area contributed by atoms with Gasteiger partial charge in [-0.15, -0.1) is 0 Å². The fourth-order valence-corrected chi connectivity index (χ4v) is 3.29. The van der Waals surface area contributed by atoms with E-state index in [4.69, 9.17) is 0 Å². The van der Waals surface area contributed by atoms with Crippen molar-refractivity contribution in [1.29, 1.82) is 0 Å². The minimum absolute atomic E-state index is 0.0358. The highest BCUT2D eigenvalue weighted by atomic mass is 32.2. The summed E-state index contributed by atoms with van der Waals surface area (Å²) in [5.74, 6) is -0.368. The van der Waals surface area contributed by atoms with Crippen LogP contribution in [0.15, 0.2) is 30.3 Å². The molecule has 2 rings (SSSR count). The van der Waals surface area contributed by atoms with Crippen LogP contribution in [0.4, 0.5) is 10.3 Å². The molecule has 6 nitrogen and oxygen atoms in total. The Hall–Kier alpha value is -2.32. The zero-order valence-electron chi connectivity index (χ0n) is 18.1. The molecule has 1 atom stereocenters. The molecule has 0 unspecified atom stereocenters. The van der Waals surface area contributed by atoms with Gasteiger partial charge in [-0.3, -0.25) is 0 Å². The lowest BCUT2D eigenvalue weighted by atomic mass is 9.97. The molecule has 0 radical (unpaired) electrons. The van der Waals surface area contributed by atoms with E-state index < -0.39 is 16.1 Å². The zero-order valence-corrected chi connectivity index (χ0v) is 18.9. The molecule has 0 fully saturated rings. The molecule has 8 heteroatoms. The van der Waals surface area contributed by atoms with Crippen LogP contribution in [0, 0.1) is 5.82 Å². The first-order chi connectivity index (χ1) is 14.0. The number of aromatic nitrogens is 2. The van der Waals surface area contributed by atoms with Crippen LogP contribution in [0.5, 0.6) is 0 Å². The molecule has 2 aromatic rings. The minimum Gasteiger partial charge on any atom is -0.389 e. The third-order valence-electron chi connectivity index (χ3n) is 4.75. The summed E-state index contributed by atoms with van der Waals surface area (Å²) in [4.78, 5) is 9.01. The first-order valence-electron chi connectivity index (χ1n) is 10.0. The third kappa shape index (κ3) is 6.09. The van der Waals surface area contributed by atoms with Crippen molar-refractivity contribution in [3.05, 3.63) is 47.4 Å². The number of aliphatic hydroxyl groups excluding tert-OH is 1. The number of hydrogen-bond donors (Lipinski definition) is 1. The predicted molar refractivity (Wildman–Crippen MR) is 119 cm³/mol. The molecule has 1 heterocycles. The van der Waals surface area contributed by atoms with E-state index in [0.717, 1.165) is 23.4 Å². The number of unbranched alkanes of at least 4 members (excludes halogenated alkanes) is 1. The topological polar surface area (TPSA) is 83.4 Å². The largest absolute Gasteiger partial charge is 0.389 e. The van der Waals surface area contributed by atoms with E-state index in [2.05, 4.69) is 16.9 Å². The van der Waals surface area contributed by atoms with Crippen LogP contribution in [-0.4, -0.2) is 42.9 Å². The first kappa shape index (κ1) is 24.0. The standard InChI is InChI=1S/C22H30FN3O3S/c1-6-7-8-18(27)13-14-19-20(15(2)3)24-22(26(4)30(5,28)29)25-21(19)16-9-11-17(23)12-10-16/h9-15,18,27H,6-8H2,1-5H3/b14-13+/t18-/m0/s1. The van der Waals surface area contributed by atoms with Crippen LogP contribution in [0.1, 0.15) is 57.2 Å². The SMILES string of the molecule is CCCC[C@H](O)/C=C/c1c(-c2ccc(F)cc2)nc(N(C)S(C)(=O)=O)nc1C(C)C. The molecule has 0 bridgehead atoms. The molecular formula is C22H30FN3O3S. The van der Waals surface area contributed by atoms with Gasteiger partial charge in [-0.2, -0.15) is 0 Å². The van der Waals surface area contributed by atoms with Crippen molar-refractivity contribution < 1.29 is 17.9 Å². The van der Waals surface area contributed by atoms with Gasteiger partial charge in [0.25, 0.3) is 0 Å². The Labute approximate surface area is 178 Å². The Balaban J connectivity index is 2.70. The lowest BCUT2D eigenvalue weighted by Gasteiger charge is -2.20. The number of halogens is 1. The summed E-state index contributed by atoms with van der Waals surface area (Å²) in [5.41, 5.74) is 2.44. The number of anilines is 1. The van der Waals surface area contributed by atoms with E-state index in [1.54, 1.807) is 24.3 Å². The van der Waals surface area contributed by atoms with E-state index >= 15 is 0 Å². The summed E-state index contributed by atoms with van der Waals surface area (Å²) in [6.07, 6.45) is 6.49. The lowest BCUT2D eigenvalue weighted by Crippen LogP contribution is -2.27. The van der Waals surface area contributed by atoms with Crippen LogP contribution < -0.4 is 4.31 Å². The highest BCUT2D eigenvalue weighted by molar-refractivity contribution is 7.92. The van der Waals surface area contributed by atoms with Crippen LogP contribution in [0.2, 0.25) is 0 Å². The number of rotatable bonds is 9. The van der Waals surface area contributed by atoms with Gasteiger partial charge in [0.15, 0.2) is 0 Å². The Bertz CT molecular complexity index is 989. The zero-order chi connectivity index (χ0) is 22.5. The first-order valence-corrected chi connectivity index (χ1v) is 11.9. The maximum absolute atomic E-state index is 13.5. The van der Waals surface area contributed by atoms with Crippen LogP contribution in [0.25, 0.3) is 17.3 Å². The number of nitrogens with zero attached hydrogens (tertiary/aromatic N) is 3. The molecule has 0 spiro atoms. The molecule has 1 N–H and O–H groups in total. The summed E-state index contributed by atoms with van der Waals surface area (Å²) in [5, 5.41) is 10.3. The summed E-state index contributed by atoms with van der Waals surface area (Å²) in [7, 11) is -2.17. The molecule has 0 aliphatic rings. The Morgan fingerprint density at radius 2 is 1.83 bits per heavy atom. The molecule has 0 saturated heterocycles. The van der Waals surface area contributed by atoms with Gasteiger partial charge in [0.1, 0.15) is 5.82 Å². The van der Waals surface area contributed by atoms with Gasteiger partial charge >= 0.3 is 0 Å². The highest BCUT2D eigenvalue weighted by Gasteiger charge is 2.22. The second kappa shape index (κ2) is 10.1. The lowest BCUT2D eigenvalue weighted by molar-refractivity contribution is 0.210. The predicted octanol–water partition coefficient (Wildman–Crippen LogP) is 4.37. The quantitative estimate of drug-likeness (QED) is 0.632. The van der Waals surface area contributed by atoms with Gasteiger partial charge in [-0.1, -0.05) is 45.8 Å². The molecular weight excluding hydrogens is 405 g/mol. The van der Waals surface area contributed by atoms with Crippen LogP contribution in [-0.2, 0) is 10.0 Å². The summed E-state index contributed by atoms with van der Waals surface area (Å²) < 4.78 is 38.6. The van der Waals surface area contributed by atoms with Gasteiger partial charge in [0, 0.05) is 18.2 Å². The number of benzene rings is 1.